The smallest absolute Gasteiger partial charge is 0.320 e. The molecule has 1 atom stereocenters. The number of halogens is 1. The molecule has 0 saturated carbocycles. The van der Waals surface area contributed by atoms with Crippen molar-refractivity contribution in [3.05, 3.63) is 52.0 Å². The summed E-state index contributed by atoms with van der Waals surface area (Å²) in [6.07, 6.45) is 7.13. The lowest BCUT2D eigenvalue weighted by Gasteiger charge is -2.09. The Balaban J connectivity index is 1.71. The molecule has 0 aliphatic heterocycles. The van der Waals surface area contributed by atoms with Crippen molar-refractivity contribution >= 4 is 34.3 Å². The van der Waals surface area contributed by atoms with E-state index in [1.807, 2.05) is 6.08 Å². The van der Waals surface area contributed by atoms with E-state index in [0.717, 1.165) is 12.1 Å². The molecule has 2 N–H and O–H groups in total. The van der Waals surface area contributed by atoms with Crippen LogP contribution in [0, 0.1) is 0 Å². The molecule has 1 aromatic carbocycles. The molecule has 0 bridgehead atoms. The van der Waals surface area contributed by atoms with Gasteiger partial charge in [-0.25, -0.2) is 0 Å². The molecule has 1 heterocycles. The van der Waals surface area contributed by atoms with E-state index >= 15 is 0 Å². The molecule has 0 saturated heterocycles. The Morgan fingerprint density at radius 2 is 2.05 bits per heavy atom. The van der Waals surface area contributed by atoms with E-state index in [1.54, 1.807) is 24.3 Å². The van der Waals surface area contributed by atoms with Gasteiger partial charge in [0.05, 0.1) is 5.92 Å². The minimum absolute atomic E-state index is 0.136. The van der Waals surface area contributed by atoms with Crippen LogP contribution >= 0.6 is 22.6 Å². The summed E-state index contributed by atoms with van der Waals surface area (Å²) in [4.78, 5) is 0. The van der Waals surface area contributed by atoms with Crippen molar-refractivity contribution in [2.45, 2.75) is 12.3 Å². The third-order valence-corrected chi connectivity index (χ3v) is 3.73. The molecule has 0 radical (unpaired) electrons. The monoisotopic (exact) mass is 381 g/mol. The molecular weight excluding hydrogens is 369 g/mol. The predicted molar refractivity (Wildman–Crippen MR) is 84.3 cm³/mol. The van der Waals surface area contributed by atoms with Gasteiger partial charge in [0.15, 0.2) is 0 Å². The Labute approximate surface area is 129 Å². The average Bonchev–Trinajstić information content (AvgIpc) is 2.91. The quantitative estimate of drug-likeness (QED) is 0.624. The van der Waals surface area contributed by atoms with Crippen LogP contribution in [-0.4, -0.2) is 15.3 Å². The highest BCUT2D eigenvalue weighted by molar-refractivity contribution is 14.1. The topological polar surface area (TPSA) is 71.2 Å². The van der Waals surface area contributed by atoms with Gasteiger partial charge in [-0.3, -0.25) is 0 Å². The van der Waals surface area contributed by atoms with E-state index in [-0.39, 0.29) is 11.7 Å². The standard InChI is InChI=1S/C14H12IN3O2/c15-10-3-1-9(2-4-10)13-17-18-14(20-13)16-11-5-7-12(19)8-6-11/h1,3-9,19H,2H2,(H,16,18). The van der Waals surface area contributed by atoms with Crippen molar-refractivity contribution in [1.82, 2.24) is 10.2 Å². The summed E-state index contributed by atoms with van der Waals surface area (Å²) in [6.45, 7) is 0. The van der Waals surface area contributed by atoms with Crippen molar-refractivity contribution in [3.63, 3.8) is 0 Å². The van der Waals surface area contributed by atoms with Crippen LogP contribution in [0.25, 0.3) is 0 Å². The van der Waals surface area contributed by atoms with Gasteiger partial charge in [-0.05, 0) is 53.3 Å². The number of allylic oxidation sites excluding steroid dienone is 4. The maximum atomic E-state index is 9.23. The first-order chi connectivity index (χ1) is 9.70. The molecular formula is C14H12IN3O2. The van der Waals surface area contributed by atoms with Gasteiger partial charge < -0.3 is 14.8 Å². The van der Waals surface area contributed by atoms with Gasteiger partial charge in [-0.15, -0.1) is 5.10 Å². The number of aromatic hydroxyl groups is 1. The molecule has 3 rings (SSSR count). The van der Waals surface area contributed by atoms with Crippen LogP contribution in [0.2, 0.25) is 0 Å². The minimum Gasteiger partial charge on any atom is -0.508 e. The highest BCUT2D eigenvalue weighted by Crippen LogP contribution is 2.29. The molecule has 1 aliphatic rings. The summed E-state index contributed by atoms with van der Waals surface area (Å²) < 4.78 is 6.84. The van der Waals surface area contributed by atoms with Crippen LogP contribution in [0.4, 0.5) is 11.7 Å². The number of aromatic nitrogens is 2. The zero-order valence-electron chi connectivity index (χ0n) is 10.5. The second-order valence-corrected chi connectivity index (χ2v) is 5.65. The van der Waals surface area contributed by atoms with Crippen LogP contribution < -0.4 is 5.32 Å². The zero-order valence-corrected chi connectivity index (χ0v) is 12.6. The van der Waals surface area contributed by atoms with E-state index < -0.39 is 0 Å². The van der Waals surface area contributed by atoms with Gasteiger partial charge in [-0.1, -0.05) is 23.3 Å². The first kappa shape index (κ1) is 13.2. The zero-order chi connectivity index (χ0) is 13.9. The molecule has 0 spiro atoms. The Hall–Kier alpha value is -1.83. The summed E-state index contributed by atoms with van der Waals surface area (Å²) in [6, 6.07) is 7.02. The van der Waals surface area contributed by atoms with Crippen LogP contribution in [0.3, 0.4) is 0 Å². The summed E-state index contributed by atoms with van der Waals surface area (Å²) in [5.74, 6) is 0.953. The number of benzene rings is 1. The fraction of sp³-hybridized carbons (Fsp3) is 0.143. The second kappa shape index (κ2) is 5.66. The van der Waals surface area contributed by atoms with Gasteiger partial charge in [-0.2, -0.15) is 0 Å². The normalized spacial score (nSPS) is 17.9. The largest absolute Gasteiger partial charge is 0.508 e. The number of nitrogens with one attached hydrogen (secondary N) is 1. The molecule has 1 unspecified atom stereocenters. The number of hydrogen-bond donors (Lipinski definition) is 2. The predicted octanol–water partition coefficient (Wildman–Crippen LogP) is 3.88. The Morgan fingerprint density at radius 1 is 1.25 bits per heavy atom. The lowest BCUT2D eigenvalue weighted by atomic mass is 10.0. The summed E-state index contributed by atoms with van der Waals surface area (Å²) in [7, 11) is 0. The molecule has 102 valence electrons. The molecule has 0 amide bonds. The lowest BCUT2D eigenvalue weighted by molar-refractivity contribution is 0.475. The number of anilines is 2. The molecule has 2 aromatic rings. The van der Waals surface area contributed by atoms with Gasteiger partial charge in [0.25, 0.3) is 0 Å². The van der Waals surface area contributed by atoms with E-state index in [0.29, 0.717) is 11.9 Å². The van der Waals surface area contributed by atoms with Gasteiger partial charge >= 0.3 is 6.01 Å². The van der Waals surface area contributed by atoms with Crippen LogP contribution in [0.15, 0.2) is 50.5 Å². The Bertz CT molecular complexity index is 661. The highest BCUT2D eigenvalue weighted by Gasteiger charge is 2.17. The van der Waals surface area contributed by atoms with Crippen LogP contribution in [0.5, 0.6) is 5.75 Å². The first-order valence-corrected chi connectivity index (χ1v) is 7.22. The lowest BCUT2D eigenvalue weighted by Crippen LogP contribution is -1.97. The molecule has 1 aliphatic carbocycles. The fourth-order valence-corrected chi connectivity index (χ4v) is 2.34. The molecule has 6 heteroatoms. The highest BCUT2D eigenvalue weighted by atomic mass is 127. The molecule has 0 fully saturated rings. The third kappa shape index (κ3) is 3.01. The number of hydrogen-bond acceptors (Lipinski definition) is 5. The molecule has 20 heavy (non-hydrogen) atoms. The second-order valence-electron chi connectivity index (χ2n) is 4.41. The van der Waals surface area contributed by atoms with E-state index in [4.69, 9.17) is 4.42 Å². The number of rotatable bonds is 3. The fourth-order valence-electron chi connectivity index (χ4n) is 1.88. The van der Waals surface area contributed by atoms with E-state index in [2.05, 4.69) is 50.3 Å². The van der Waals surface area contributed by atoms with Crippen molar-refractivity contribution in [2.75, 3.05) is 5.32 Å². The summed E-state index contributed by atoms with van der Waals surface area (Å²) >= 11 is 2.28. The van der Waals surface area contributed by atoms with Gasteiger partial charge in [0.2, 0.25) is 5.89 Å². The van der Waals surface area contributed by atoms with E-state index in [9.17, 15) is 5.11 Å². The van der Waals surface area contributed by atoms with Crippen molar-refractivity contribution in [3.8, 4) is 5.75 Å². The molecule has 1 aromatic heterocycles. The minimum atomic E-state index is 0.136. The van der Waals surface area contributed by atoms with Crippen LogP contribution in [-0.2, 0) is 0 Å². The van der Waals surface area contributed by atoms with E-state index in [1.165, 1.54) is 3.58 Å². The third-order valence-electron chi connectivity index (χ3n) is 2.93. The summed E-state index contributed by atoms with van der Waals surface area (Å²) in [5.41, 5.74) is 0.784. The van der Waals surface area contributed by atoms with Gasteiger partial charge in [0, 0.05) is 9.27 Å². The van der Waals surface area contributed by atoms with Crippen molar-refractivity contribution < 1.29 is 9.52 Å². The van der Waals surface area contributed by atoms with Crippen LogP contribution in [0.1, 0.15) is 18.2 Å². The number of phenolic OH excluding ortho intramolecular Hbond substituents is 1. The molecule has 5 nitrogen and oxygen atoms in total. The Kier molecular flexibility index (Phi) is 3.72. The number of phenols is 1. The SMILES string of the molecule is Oc1ccc(Nc2nnc(C3C=CC(I)=CC3)o2)cc1. The van der Waals surface area contributed by atoms with Gasteiger partial charge in [0.1, 0.15) is 5.75 Å². The van der Waals surface area contributed by atoms with Crippen molar-refractivity contribution in [2.24, 2.45) is 0 Å². The average molecular weight is 381 g/mol. The maximum absolute atomic E-state index is 9.23. The van der Waals surface area contributed by atoms with Crippen molar-refractivity contribution in [1.29, 1.82) is 0 Å². The first-order valence-electron chi connectivity index (χ1n) is 6.14. The maximum Gasteiger partial charge on any atom is 0.320 e. The number of nitrogens with zero attached hydrogens (tertiary/aromatic N) is 2. The summed E-state index contributed by atoms with van der Waals surface area (Å²) in [5, 5.41) is 20.3. The Morgan fingerprint density at radius 3 is 2.75 bits per heavy atom.